The minimum absolute atomic E-state index is 0. The van der Waals surface area contributed by atoms with Crippen molar-refractivity contribution in [2.24, 2.45) is 5.92 Å². The van der Waals surface area contributed by atoms with E-state index in [0.29, 0.717) is 0 Å². The molecule has 1 atom stereocenters. The van der Waals surface area contributed by atoms with Gasteiger partial charge in [0, 0.05) is 6.54 Å². The smallest absolute Gasteiger partial charge is 0.0558 e. The van der Waals surface area contributed by atoms with Crippen molar-refractivity contribution >= 4 is 24.8 Å². The average Bonchev–Trinajstić information content (AvgIpc) is 2.25. The molecule has 0 aromatic heterocycles. The molecule has 0 aliphatic carbocycles. The Morgan fingerprint density at radius 1 is 1.31 bits per heavy atom. The van der Waals surface area contributed by atoms with Crippen molar-refractivity contribution in [2.75, 3.05) is 39.3 Å². The highest BCUT2D eigenvalue weighted by molar-refractivity contribution is 5.85. The summed E-state index contributed by atoms with van der Waals surface area (Å²) in [6.07, 6.45) is 3.99. The fraction of sp³-hybridized carbons (Fsp3) is 1.00. The van der Waals surface area contributed by atoms with Gasteiger partial charge in [0.15, 0.2) is 0 Å². The highest BCUT2D eigenvalue weighted by atomic mass is 35.5. The van der Waals surface area contributed by atoms with Gasteiger partial charge in [-0.25, -0.2) is 0 Å². The predicted molar refractivity (Wildman–Crippen MR) is 73.9 cm³/mol. The maximum Gasteiger partial charge on any atom is 0.0558 e. The summed E-state index contributed by atoms with van der Waals surface area (Å²) >= 11 is 0. The minimum atomic E-state index is 0. The Morgan fingerprint density at radius 2 is 2.06 bits per heavy atom. The lowest BCUT2D eigenvalue weighted by atomic mass is 9.96. The molecule has 0 aromatic rings. The number of halogens is 2. The summed E-state index contributed by atoms with van der Waals surface area (Å²) in [5, 5.41) is 12.3. The van der Waals surface area contributed by atoms with Gasteiger partial charge < -0.3 is 15.3 Å². The average molecular weight is 273 g/mol. The Labute approximate surface area is 112 Å². The maximum atomic E-state index is 8.85. The van der Waals surface area contributed by atoms with Crippen LogP contribution in [0.4, 0.5) is 0 Å². The summed E-state index contributed by atoms with van der Waals surface area (Å²) < 4.78 is 0. The van der Waals surface area contributed by atoms with Crippen molar-refractivity contribution in [1.82, 2.24) is 10.2 Å². The Balaban J connectivity index is 0. The fourth-order valence-electron chi connectivity index (χ4n) is 2.10. The van der Waals surface area contributed by atoms with Crippen LogP contribution in [0, 0.1) is 5.92 Å². The van der Waals surface area contributed by atoms with E-state index in [1.165, 1.54) is 32.4 Å². The van der Waals surface area contributed by atoms with E-state index in [9.17, 15) is 0 Å². The van der Waals surface area contributed by atoms with Gasteiger partial charge in [0.2, 0.25) is 0 Å². The third-order valence-electron chi connectivity index (χ3n) is 3.12. The maximum absolute atomic E-state index is 8.85. The van der Waals surface area contributed by atoms with Crippen molar-refractivity contribution in [3.8, 4) is 0 Å². The largest absolute Gasteiger partial charge is 0.395 e. The van der Waals surface area contributed by atoms with Crippen LogP contribution in [0.15, 0.2) is 0 Å². The van der Waals surface area contributed by atoms with Crippen molar-refractivity contribution in [3.05, 3.63) is 0 Å². The molecule has 0 radical (unpaired) electrons. The van der Waals surface area contributed by atoms with Crippen LogP contribution in [0.2, 0.25) is 0 Å². The standard InChI is InChI=1S/C11H24N2O.2ClH/c1-2-13(8-9-14)7-5-11-4-3-6-12-10-11;;/h11-12,14H,2-10H2,1H3;2*1H. The van der Waals surface area contributed by atoms with Crippen LogP contribution in [0.25, 0.3) is 0 Å². The number of nitrogens with one attached hydrogen (secondary N) is 1. The number of piperidine rings is 1. The van der Waals surface area contributed by atoms with Gasteiger partial charge in [-0.1, -0.05) is 6.92 Å². The monoisotopic (exact) mass is 272 g/mol. The van der Waals surface area contributed by atoms with Crippen LogP contribution in [0.5, 0.6) is 0 Å². The molecule has 5 heteroatoms. The molecule has 100 valence electrons. The number of aliphatic hydroxyl groups is 1. The summed E-state index contributed by atoms with van der Waals surface area (Å²) in [7, 11) is 0. The van der Waals surface area contributed by atoms with Gasteiger partial charge in [0.05, 0.1) is 6.61 Å². The van der Waals surface area contributed by atoms with E-state index in [1.807, 2.05) is 0 Å². The fourth-order valence-corrected chi connectivity index (χ4v) is 2.10. The summed E-state index contributed by atoms with van der Waals surface area (Å²) in [6.45, 7) is 7.87. The second kappa shape index (κ2) is 11.9. The predicted octanol–water partition coefficient (Wildman–Crippen LogP) is 1.53. The lowest BCUT2D eigenvalue weighted by Crippen LogP contribution is -2.34. The number of hydrogen-bond donors (Lipinski definition) is 2. The minimum Gasteiger partial charge on any atom is -0.395 e. The van der Waals surface area contributed by atoms with Gasteiger partial charge in [-0.05, 0) is 51.4 Å². The Morgan fingerprint density at radius 3 is 2.56 bits per heavy atom. The number of rotatable bonds is 6. The molecule has 0 aromatic carbocycles. The van der Waals surface area contributed by atoms with E-state index in [-0.39, 0.29) is 31.4 Å². The van der Waals surface area contributed by atoms with Crippen molar-refractivity contribution in [1.29, 1.82) is 0 Å². The zero-order valence-corrected chi connectivity index (χ0v) is 11.8. The van der Waals surface area contributed by atoms with Crippen LogP contribution in [-0.2, 0) is 0 Å². The molecule has 1 heterocycles. The highest BCUT2D eigenvalue weighted by Crippen LogP contribution is 2.14. The Bertz CT molecular complexity index is 139. The van der Waals surface area contributed by atoms with E-state index in [2.05, 4.69) is 17.1 Å². The zero-order chi connectivity index (χ0) is 10.2. The second-order valence-corrected chi connectivity index (χ2v) is 4.16. The summed E-state index contributed by atoms with van der Waals surface area (Å²) in [5.41, 5.74) is 0. The van der Waals surface area contributed by atoms with Crippen LogP contribution < -0.4 is 5.32 Å². The zero-order valence-electron chi connectivity index (χ0n) is 10.2. The highest BCUT2D eigenvalue weighted by Gasteiger charge is 2.13. The third-order valence-corrected chi connectivity index (χ3v) is 3.12. The van der Waals surface area contributed by atoms with Crippen LogP contribution in [-0.4, -0.2) is 49.3 Å². The van der Waals surface area contributed by atoms with Crippen LogP contribution in [0.3, 0.4) is 0 Å². The molecule has 1 aliphatic rings. The first-order chi connectivity index (χ1) is 6.86. The second-order valence-electron chi connectivity index (χ2n) is 4.16. The molecule has 1 saturated heterocycles. The first-order valence-corrected chi connectivity index (χ1v) is 5.90. The van der Waals surface area contributed by atoms with Crippen LogP contribution in [0.1, 0.15) is 26.2 Å². The summed E-state index contributed by atoms with van der Waals surface area (Å²) in [6, 6.07) is 0. The van der Waals surface area contributed by atoms with Crippen molar-refractivity contribution in [3.63, 3.8) is 0 Å². The van der Waals surface area contributed by atoms with Gasteiger partial charge in [-0.2, -0.15) is 0 Å². The molecule has 0 amide bonds. The Hall–Kier alpha value is 0.460. The summed E-state index contributed by atoms with van der Waals surface area (Å²) in [4.78, 5) is 2.33. The number of likely N-dealkylation sites (N-methyl/N-ethyl adjacent to an activating group) is 1. The molecule has 0 spiro atoms. The van der Waals surface area contributed by atoms with E-state index < -0.39 is 0 Å². The molecule has 16 heavy (non-hydrogen) atoms. The van der Waals surface area contributed by atoms with Gasteiger partial charge in [0.25, 0.3) is 0 Å². The quantitative estimate of drug-likeness (QED) is 0.770. The first-order valence-electron chi connectivity index (χ1n) is 5.90. The molecule has 2 N–H and O–H groups in total. The van der Waals surface area contributed by atoms with E-state index >= 15 is 0 Å². The molecule has 1 fully saturated rings. The van der Waals surface area contributed by atoms with Crippen molar-refractivity contribution < 1.29 is 5.11 Å². The normalized spacial score (nSPS) is 20.1. The number of nitrogens with zero attached hydrogens (tertiary/aromatic N) is 1. The number of hydrogen-bond acceptors (Lipinski definition) is 3. The van der Waals surface area contributed by atoms with Crippen molar-refractivity contribution in [2.45, 2.75) is 26.2 Å². The molecule has 0 bridgehead atoms. The van der Waals surface area contributed by atoms with Gasteiger partial charge in [-0.3, -0.25) is 0 Å². The van der Waals surface area contributed by atoms with E-state index in [1.54, 1.807) is 0 Å². The first kappa shape index (κ1) is 18.8. The molecule has 1 rings (SSSR count). The molecule has 3 nitrogen and oxygen atoms in total. The van der Waals surface area contributed by atoms with Gasteiger partial charge >= 0.3 is 0 Å². The van der Waals surface area contributed by atoms with E-state index in [4.69, 9.17) is 5.11 Å². The SMILES string of the molecule is CCN(CCO)CCC1CCCNC1.Cl.Cl. The molecule has 0 saturated carbocycles. The number of aliphatic hydroxyl groups excluding tert-OH is 1. The molecular weight excluding hydrogens is 247 g/mol. The topological polar surface area (TPSA) is 35.5 Å². The summed E-state index contributed by atoms with van der Waals surface area (Å²) in [5.74, 6) is 0.858. The molecular formula is C11H26Cl2N2O. The van der Waals surface area contributed by atoms with E-state index in [0.717, 1.165) is 25.6 Å². The van der Waals surface area contributed by atoms with Gasteiger partial charge in [0.1, 0.15) is 0 Å². The third kappa shape index (κ3) is 7.69. The Kier molecular flexibility index (Phi) is 14.0. The molecule has 1 unspecified atom stereocenters. The lowest BCUT2D eigenvalue weighted by molar-refractivity contribution is 0.188. The lowest BCUT2D eigenvalue weighted by Gasteiger charge is -2.26. The van der Waals surface area contributed by atoms with Crippen LogP contribution >= 0.6 is 24.8 Å². The molecule has 1 aliphatic heterocycles. The van der Waals surface area contributed by atoms with Gasteiger partial charge in [-0.15, -0.1) is 24.8 Å².